The molecule has 3 heterocycles. The molecule has 1 aromatic carbocycles. The zero-order chi connectivity index (χ0) is 17.4. The van der Waals surface area contributed by atoms with Gasteiger partial charge in [-0.05, 0) is 76.0 Å². The molecule has 0 saturated carbocycles. The summed E-state index contributed by atoms with van der Waals surface area (Å²) < 4.78 is 1.84. The van der Waals surface area contributed by atoms with Gasteiger partial charge in [-0.3, -0.25) is 4.79 Å². The Kier molecular flexibility index (Phi) is 4.34. The molecule has 0 unspecified atom stereocenters. The predicted octanol–water partition coefficient (Wildman–Crippen LogP) is 2.88. The molecule has 25 heavy (non-hydrogen) atoms. The number of carbonyl (C=O) groups excluding carboxylic acids is 1. The van der Waals surface area contributed by atoms with Gasteiger partial charge in [0.05, 0.1) is 11.9 Å². The van der Waals surface area contributed by atoms with Crippen LogP contribution in [0.5, 0.6) is 0 Å². The quantitative estimate of drug-likeness (QED) is 0.864. The van der Waals surface area contributed by atoms with E-state index in [1.54, 1.807) is 0 Å². The number of likely N-dealkylation sites (N-methyl/N-ethyl adjacent to an activating group) is 1. The van der Waals surface area contributed by atoms with E-state index < -0.39 is 0 Å². The molecule has 0 N–H and O–H groups in total. The topological polar surface area (TPSA) is 41.4 Å². The highest BCUT2D eigenvalue weighted by Gasteiger charge is 2.38. The third-order valence-corrected chi connectivity index (χ3v) is 5.67. The van der Waals surface area contributed by atoms with E-state index in [2.05, 4.69) is 21.9 Å². The fourth-order valence-electron chi connectivity index (χ4n) is 4.34. The van der Waals surface area contributed by atoms with E-state index in [-0.39, 0.29) is 5.91 Å². The predicted molar refractivity (Wildman–Crippen MR) is 98.0 cm³/mol. The lowest BCUT2D eigenvalue weighted by Gasteiger charge is -2.33. The molecule has 0 radical (unpaired) electrons. The number of rotatable bonds is 3. The summed E-state index contributed by atoms with van der Waals surface area (Å²) in [4.78, 5) is 17.6. The minimum absolute atomic E-state index is 0.172. The lowest BCUT2D eigenvalue weighted by molar-refractivity contribution is 0.0664. The van der Waals surface area contributed by atoms with Gasteiger partial charge in [-0.1, -0.05) is 0 Å². The Morgan fingerprint density at radius 3 is 2.44 bits per heavy atom. The zero-order valence-corrected chi connectivity index (χ0v) is 15.1. The van der Waals surface area contributed by atoms with Crippen LogP contribution < -0.4 is 0 Å². The lowest BCUT2D eigenvalue weighted by Crippen LogP contribution is -2.47. The summed E-state index contributed by atoms with van der Waals surface area (Å²) in [6, 6.07) is 8.72. The van der Waals surface area contributed by atoms with Crippen LogP contribution >= 0.6 is 0 Å². The van der Waals surface area contributed by atoms with Crippen LogP contribution in [0.4, 0.5) is 0 Å². The van der Waals surface area contributed by atoms with Crippen molar-refractivity contribution in [3.8, 4) is 5.69 Å². The normalized spacial score (nSPS) is 24.2. The van der Waals surface area contributed by atoms with E-state index >= 15 is 0 Å². The highest BCUT2D eigenvalue weighted by Crippen LogP contribution is 2.30. The van der Waals surface area contributed by atoms with Crippen LogP contribution in [0.25, 0.3) is 5.69 Å². The zero-order valence-electron chi connectivity index (χ0n) is 15.1. The summed E-state index contributed by atoms with van der Waals surface area (Å²) >= 11 is 0. The maximum Gasteiger partial charge on any atom is 0.254 e. The third-order valence-electron chi connectivity index (χ3n) is 5.67. The molecule has 4 rings (SSSR count). The molecule has 2 aromatic rings. The minimum atomic E-state index is 0.172. The molecule has 2 fully saturated rings. The molecule has 2 atom stereocenters. The van der Waals surface area contributed by atoms with E-state index in [0.29, 0.717) is 12.1 Å². The van der Waals surface area contributed by atoms with Crippen LogP contribution in [-0.4, -0.2) is 57.7 Å². The highest BCUT2D eigenvalue weighted by atomic mass is 16.2. The first-order valence-electron chi connectivity index (χ1n) is 9.26. The molecule has 5 heteroatoms. The first-order chi connectivity index (χ1) is 12.1. The Morgan fingerprint density at radius 1 is 1.08 bits per heavy atom. The van der Waals surface area contributed by atoms with Crippen molar-refractivity contribution in [2.75, 3.05) is 20.1 Å². The molecule has 2 saturated heterocycles. The molecule has 1 amide bonds. The summed E-state index contributed by atoms with van der Waals surface area (Å²) in [6.45, 7) is 4.06. The van der Waals surface area contributed by atoms with Gasteiger partial charge in [0.1, 0.15) is 0 Å². The third kappa shape index (κ3) is 3.09. The SMILES string of the molecule is Cc1cnn(-c2ccc(C(=O)N3CCC[C@H]3[C@@H]3CCCN3C)cc2)c1. The number of amides is 1. The second-order valence-electron chi connectivity index (χ2n) is 7.41. The van der Waals surface area contributed by atoms with Crippen molar-refractivity contribution >= 4 is 5.91 Å². The Balaban J connectivity index is 1.52. The summed E-state index contributed by atoms with van der Waals surface area (Å²) in [5.41, 5.74) is 2.89. The maximum absolute atomic E-state index is 13.1. The standard InChI is InChI=1S/C20H26N4O/c1-15-13-21-24(14-15)17-9-7-16(8-10-17)20(25)23-12-4-6-19(23)18-5-3-11-22(18)2/h7-10,13-14,18-19H,3-6,11-12H2,1-2H3/t18-,19-/m0/s1. The van der Waals surface area contributed by atoms with Crippen molar-refractivity contribution in [1.29, 1.82) is 0 Å². The van der Waals surface area contributed by atoms with Gasteiger partial charge in [0.15, 0.2) is 0 Å². The van der Waals surface area contributed by atoms with Gasteiger partial charge in [0.25, 0.3) is 5.91 Å². The highest BCUT2D eigenvalue weighted by molar-refractivity contribution is 5.94. The van der Waals surface area contributed by atoms with Crippen molar-refractivity contribution in [3.63, 3.8) is 0 Å². The van der Waals surface area contributed by atoms with Gasteiger partial charge in [0, 0.05) is 30.4 Å². The number of hydrogen-bond donors (Lipinski definition) is 0. The number of benzene rings is 1. The van der Waals surface area contributed by atoms with E-state index in [4.69, 9.17) is 0 Å². The molecule has 132 valence electrons. The fraction of sp³-hybridized carbons (Fsp3) is 0.500. The summed E-state index contributed by atoms with van der Waals surface area (Å²) in [5.74, 6) is 0.172. The van der Waals surface area contributed by atoms with Crippen LogP contribution in [0.1, 0.15) is 41.6 Å². The summed E-state index contributed by atoms with van der Waals surface area (Å²) in [5, 5.41) is 4.33. The molecule has 0 spiro atoms. The number of aryl methyl sites for hydroxylation is 1. The Labute approximate surface area is 149 Å². The van der Waals surface area contributed by atoms with E-state index in [1.807, 2.05) is 48.3 Å². The first-order valence-corrected chi connectivity index (χ1v) is 9.26. The number of aromatic nitrogens is 2. The number of nitrogens with zero attached hydrogens (tertiary/aromatic N) is 4. The van der Waals surface area contributed by atoms with Crippen molar-refractivity contribution in [2.24, 2.45) is 0 Å². The van der Waals surface area contributed by atoms with Crippen molar-refractivity contribution in [3.05, 3.63) is 47.8 Å². The molecule has 2 aliphatic rings. The number of likely N-dealkylation sites (tertiary alicyclic amines) is 2. The molecular formula is C20H26N4O. The lowest BCUT2D eigenvalue weighted by atomic mass is 10.0. The Bertz CT molecular complexity index is 751. The monoisotopic (exact) mass is 338 g/mol. The number of hydrogen-bond acceptors (Lipinski definition) is 3. The van der Waals surface area contributed by atoms with Gasteiger partial charge in [-0.25, -0.2) is 4.68 Å². The minimum Gasteiger partial charge on any atom is -0.334 e. The van der Waals surface area contributed by atoms with E-state index in [1.165, 1.54) is 12.8 Å². The molecule has 2 aliphatic heterocycles. The van der Waals surface area contributed by atoms with Crippen molar-refractivity contribution < 1.29 is 4.79 Å². The number of carbonyl (C=O) groups is 1. The van der Waals surface area contributed by atoms with Crippen molar-refractivity contribution in [1.82, 2.24) is 19.6 Å². The average molecular weight is 338 g/mol. The van der Waals surface area contributed by atoms with E-state index in [9.17, 15) is 4.79 Å². The molecule has 0 aliphatic carbocycles. The smallest absolute Gasteiger partial charge is 0.254 e. The Morgan fingerprint density at radius 2 is 1.80 bits per heavy atom. The van der Waals surface area contributed by atoms with Gasteiger partial charge < -0.3 is 9.80 Å². The van der Waals surface area contributed by atoms with Gasteiger partial charge in [-0.2, -0.15) is 5.10 Å². The first kappa shape index (κ1) is 16.3. The summed E-state index contributed by atoms with van der Waals surface area (Å²) in [7, 11) is 2.19. The largest absolute Gasteiger partial charge is 0.334 e. The second-order valence-corrected chi connectivity index (χ2v) is 7.41. The van der Waals surface area contributed by atoms with Crippen LogP contribution in [0.2, 0.25) is 0 Å². The van der Waals surface area contributed by atoms with E-state index in [0.717, 1.165) is 42.7 Å². The van der Waals surface area contributed by atoms with Crippen LogP contribution in [0, 0.1) is 6.92 Å². The average Bonchev–Trinajstić information content (AvgIpc) is 3.35. The maximum atomic E-state index is 13.1. The molecule has 5 nitrogen and oxygen atoms in total. The van der Waals surface area contributed by atoms with Crippen LogP contribution in [-0.2, 0) is 0 Å². The second kappa shape index (κ2) is 6.64. The molecular weight excluding hydrogens is 312 g/mol. The van der Waals surface area contributed by atoms with Crippen molar-refractivity contribution in [2.45, 2.75) is 44.7 Å². The van der Waals surface area contributed by atoms with Crippen LogP contribution in [0.3, 0.4) is 0 Å². The van der Waals surface area contributed by atoms with Gasteiger partial charge >= 0.3 is 0 Å². The Hall–Kier alpha value is -2.14. The molecule has 0 bridgehead atoms. The summed E-state index contributed by atoms with van der Waals surface area (Å²) in [6.07, 6.45) is 8.53. The van der Waals surface area contributed by atoms with Gasteiger partial charge in [0.2, 0.25) is 0 Å². The van der Waals surface area contributed by atoms with Crippen LogP contribution in [0.15, 0.2) is 36.7 Å². The van der Waals surface area contributed by atoms with Gasteiger partial charge in [-0.15, -0.1) is 0 Å². The fourth-order valence-corrected chi connectivity index (χ4v) is 4.34. The molecule has 1 aromatic heterocycles.